The third-order valence-corrected chi connectivity index (χ3v) is 8.33. The van der Waals surface area contributed by atoms with E-state index in [4.69, 9.17) is 9.31 Å². The Balaban J connectivity index is 1.31. The quantitative estimate of drug-likeness (QED) is 0.834. The van der Waals surface area contributed by atoms with Crippen LogP contribution < -0.4 is 5.46 Å². The zero-order valence-electron chi connectivity index (χ0n) is 16.8. The largest absolute Gasteiger partial charge is 0.498 e. The van der Waals surface area contributed by atoms with Gasteiger partial charge in [0, 0.05) is 17.4 Å². The van der Waals surface area contributed by atoms with Crippen molar-refractivity contribution in [1.82, 2.24) is 10.2 Å². The van der Waals surface area contributed by atoms with Crippen LogP contribution in [0.5, 0.6) is 0 Å². The van der Waals surface area contributed by atoms with Crippen molar-refractivity contribution in [1.29, 1.82) is 0 Å². The van der Waals surface area contributed by atoms with Crippen molar-refractivity contribution in [2.45, 2.75) is 90.3 Å². The number of hydrogen-bond donors (Lipinski definition) is 1. The molecule has 0 atom stereocenters. The molecule has 5 aliphatic rings. The Hall–Kier alpha value is -0.805. The first-order valence-electron chi connectivity index (χ1n) is 10.6. The fourth-order valence-electron chi connectivity index (χ4n) is 6.68. The van der Waals surface area contributed by atoms with Crippen molar-refractivity contribution in [2.75, 3.05) is 0 Å². The first kappa shape index (κ1) is 17.3. The molecule has 5 heteroatoms. The average molecular weight is 356 g/mol. The van der Waals surface area contributed by atoms with Gasteiger partial charge in [-0.05, 0) is 102 Å². The van der Waals surface area contributed by atoms with Gasteiger partial charge in [-0.15, -0.1) is 0 Å². The van der Waals surface area contributed by atoms with Crippen LogP contribution in [0.15, 0.2) is 6.20 Å². The molecule has 1 saturated heterocycles. The molecule has 4 aliphatic carbocycles. The van der Waals surface area contributed by atoms with Crippen molar-refractivity contribution in [2.24, 2.45) is 23.2 Å². The highest BCUT2D eigenvalue weighted by Crippen LogP contribution is 2.61. The first-order chi connectivity index (χ1) is 12.3. The molecule has 0 spiro atoms. The topological polar surface area (TPSA) is 47.1 Å². The Kier molecular flexibility index (Phi) is 3.73. The van der Waals surface area contributed by atoms with Gasteiger partial charge in [-0.25, -0.2) is 0 Å². The lowest BCUT2D eigenvalue weighted by Gasteiger charge is -2.57. The Labute approximate surface area is 157 Å². The maximum absolute atomic E-state index is 6.26. The number of rotatable bonds is 4. The molecule has 0 unspecified atom stereocenters. The molecule has 1 aromatic heterocycles. The van der Waals surface area contributed by atoms with Crippen LogP contribution in [0.3, 0.4) is 0 Å². The molecule has 0 radical (unpaired) electrons. The number of hydrogen-bond acceptors (Lipinski definition) is 3. The molecule has 5 fully saturated rings. The molecular formula is C21H33BN2O2. The van der Waals surface area contributed by atoms with Crippen molar-refractivity contribution in [3.05, 3.63) is 11.9 Å². The molecule has 1 N–H and O–H groups in total. The molecular weight excluding hydrogens is 323 g/mol. The molecule has 1 aliphatic heterocycles. The SMILES string of the molecule is CC1(C)OB(c2cn[nH]c2CCC23CC4CC(CC(C4)C2)C3)OC1(C)C. The van der Waals surface area contributed by atoms with E-state index in [0.29, 0.717) is 5.41 Å². The Bertz CT molecular complexity index is 645. The third kappa shape index (κ3) is 2.69. The number of aromatic nitrogens is 2. The predicted molar refractivity (Wildman–Crippen MR) is 103 cm³/mol. The van der Waals surface area contributed by atoms with Crippen LogP contribution in [0.1, 0.15) is 78.3 Å². The van der Waals surface area contributed by atoms with E-state index in [1.54, 1.807) is 0 Å². The normalized spacial score (nSPS) is 39.7. The van der Waals surface area contributed by atoms with Gasteiger partial charge < -0.3 is 9.31 Å². The van der Waals surface area contributed by atoms with Gasteiger partial charge in [0.25, 0.3) is 0 Å². The van der Waals surface area contributed by atoms with E-state index in [2.05, 4.69) is 37.9 Å². The maximum atomic E-state index is 6.26. The maximum Gasteiger partial charge on any atom is 0.498 e. The second-order valence-corrected chi connectivity index (χ2v) is 10.8. The van der Waals surface area contributed by atoms with Gasteiger partial charge in [-0.2, -0.15) is 5.10 Å². The van der Waals surface area contributed by atoms with Gasteiger partial charge in [0.1, 0.15) is 0 Å². The number of nitrogens with zero attached hydrogens (tertiary/aromatic N) is 1. The average Bonchev–Trinajstić information content (AvgIpc) is 3.06. The standard InChI is InChI=1S/C21H33BN2O2/c1-19(2)20(3,4)26-22(25-19)17-13-23-24-18(17)5-6-21-10-14-7-15(11-21)9-16(8-14)12-21/h13-16H,5-12H2,1-4H3,(H,23,24). The van der Waals surface area contributed by atoms with E-state index >= 15 is 0 Å². The molecule has 4 bridgehead atoms. The van der Waals surface area contributed by atoms with E-state index in [-0.39, 0.29) is 18.3 Å². The molecule has 0 aromatic carbocycles. The molecule has 1 aromatic rings. The number of H-pyrrole nitrogens is 1. The number of aryl methyl sites for hydroxylation is 1. The van der Waals surface area contributed by atoms with E-state index in [1.165, 1.54) is 50.6 Å². The highest BCUT2D eigenvalue weighted by atomic mass is 16.7. The van der Waals surface area contributed by atoms with E-state index in [1.807, 2.05) is 6.20 Å². The van der Waals surface area contributed by atoms with Crippen LogP contribution in [-0.2, 0) is 15.7 Å². The second kappa shape index (κ2) is 5.60. The summed E-state index contributed by atoms with van der Waals surface area (Å²) in [6, 6.07) is 0. The highest BCUT2D eigenvalue weighted by Gasteiger charge is 2.53. The Morgan fingerprint density at radius 1 is 1.00 bits per heavy atom. The molecule has 142 valence electrons. The van der Waals surface area contributed by atoms with Gasteiger partial charge in [0.05, 0.1) is 11.2 Å². The molecule has 26 heavy (non-hydrogen) atoms. The summed E-state index contributed by atoms with van der Waals surface area (Å²) < 4.78 is 12.5. The van der Waals surface area contributed by atoms with Crippen LogP contribution >= 0.6 is 0 Å². The smallest absolute Gasteiger partial charge is 0.399 e. The van der Waals surface area contributed by atoms with Crippen LogP contribution in [0.25, 0.3) is 0 Å². The fraction of sp³-hybridized carbons (Fsp3) is 0.857. The van der Waals surface area contributed by atoms with E-state index in [0.717, 1.165) is 29.6 Å². The van der Waals surface area contributed by atoms with E-state index in [9.17, 15) is 0 Å². The van der Waals surface area contributed by atoms with Crippen molar-refractivity contribution >= 4 is 12.6 Å². The first-order valence-corrected chi connectivity index (χ1v) is 10.6. The summed E-state index contributed by atoms with van der Waals surface area (Å²) in [6.07, 6.45) is 13.2. The fourth-order valence-corrected chi connectivity index (χ4v) is 6.68. The van der Waals surface area contributed by atoms with E-state index < -0.39 is 0 Å². The summed E-state index contributed by atoms with van der Waals surface area (Å²) >= 11 is 0. The molecule has 0 amide bonds. The van der Waals surface area contributed by atoms with Gasteiger partial charge in [0.2, 0.25) is 0 Å². The van der Waals surface area contributed by atoms with Crippen LogP contribution in [0, 0.1) is 23.2 Å². The van der Waals surface area contributed by atoms with Gasteiger partial charge in [-0.3, -0.25) is 5.10 Å². The predicted octanol–water partition coefficient (Wildman–Crippen LogP) is 3.86. The van der Waals surface area contributed by atoms with Crippen LogP contribution in [-0.4, -0.2) is 28.5 Å². The monoisotopic (exact) mass is 356 g/mol. The van der Waals surface area contributed by atoms with Crippen LogP contribution in [0.2, 0.25) is 0 Å². The number of aromatic amines is 1. The molecule has 2 heterocycles. The van der Waals surface area contributed by atoms with Crippen molar-refractivity contribution in [3.63, 3.8) is 0 Å². The van der Waals surface area contributed by atoms with Crippen molar-refractivity contribution < 1.29 is 9.31 Å². The Morgan fingerprint density at radius 3 is 2.08 bits per heavy atom. The van der Waals surface area contributed by atoms with Gasteiger partial charge in [0.15, 0.2) is 0 Å². The Morgan fingerprint density at radius 2 is 1.54 bits per heavy atom. The molecule has 4 nitrogen and oxygen atoms in total. The zero-order valence-corrected chi connectivity index (χ0v) is 16.8. The lowest BCUT2D eigenvalue weighted by molar-refractivity contribution is -0.0570. The minimum absolute atomic E-state index is 0.299. The zero-order chi connectivity index (χ0) is 18.2. The van der Waals surface area contributed by atoms with Crippen molar-refractivity contribution in [3.8, 4) is 0 Å². The summed E-state index contributed by atoms with van der Waals surface area (Å²) in [5.74, 6) is 3.06. The lowest BCUT2D eigenvalue weighted by atomic mass is 9.48. The lowest BCUT2D eigenvalue weighted by Crippen LogP contribution is -2.46. The van der Waals surface area contributed by atoms with Crippen LogP contribution in [0.4, 0.5) is 0 Å². The summed E-state index contributed by atoms with van der Waals surface area (Å²) in [4.78, 5) is 0. The highest BCUT2D eigenvalue weighted by molar-refractivity contribution is 6.62. The number of nitrogens with one attached hydrogen (secondary N) is 1. The third-order valence-electron chi connectivity index (χ3n) is 8.33. The summed E-state index contributed by atoms with van der Waals surface area (Å²) in [5, 5.41) is 7.60. The van der Waals surface area contributed by atoms with Gasteiger partial charge >= 0.3 is 7.12 Å². The minimum Gasteiger partial charge on any atom is -0.399 e. The summed E-state index contributed by atoms with van der Waals surface area (Å²) in [5.41, 5.74) is 2.33. The molecule has 4 saturated carbocycles. The minimum atomic E-state index is -0.301. The second-order valence-electron chi connectivity index (χ2n) is 10.8. The van der Waals surface area contributed by atoms with Gasteiger partial charge in [-0.1, -0.05) is 0 Å². The summed E-state index contributed by atoms with van der Waals surface area (Å²) in [7, 11) is -0.301. The molecule has 6 rings (SSSR count). The summed E-state index contributed by atoms with van der Waals surface area (Å²) in [6.45, 7) is 8.45.